The van der Waals surface area contributed by atoms with Crippen molar-refractivity contribution in [3.63, 3.8) is 0 Å². The lowest BCUT2D eigenvalue weighted by atomic mass is 9.99. The van der Waals surface area contributed by atoms with E-state index in [-0.39, 0.29) is 21.7 Å². The minimum absolute atomic E-state index is 0.0122. The van der Waals surface area contributed by atoms with E-state index in [0.717, 1.165) is 12.1 Å². The first kappa shape index (κ1) is 15.6. The van der Waals surface area contributed by atoms with Gasteiger partial charge < -0.3 is 4.74 Å². The average molecular weight is 323 g/mol. The summed E-state index contributed by atoms with van der Waals surface area (Å²) >= 11 is 5.90. The molecular formula is C14H8ClF5O. The van der Waals surface area contributed by atoms with E-state index in [1.54, 1.807) is 0 Å². The Labute approximate surface area is 121 Å². The predicted molar refractivity (Wildman–Crippen MR) is 68.5 cm³/mol. The Balaban J connectivity index is 2.50. The third kappa shape index (κ3) is 3.85. The van der Waals surface area contributed by atoms with Crippen LogP contribution in [0, 0.1) is 0 Å². The number of hydrogen-bond acceptors (Lipinski definition) is 1. The molecule has 2 aromatic rings. The number of hydrogen-bond donors (Lipinski definition) is 0. The Hall–Kier alpha value is -1.82. The Morgan fingerprint density at radius 1 is 1.00 bits per heavy atom. The topological polar surface area (TPSA) is 9.23 Å². The maximum absolute atomic E-state index is 13.0. The summed E-state index contributed by atoms with van der Waals surface area (Å²) in [7, 11) is 0. The second kappa shape index (κ2) is 5.89. The molecule has 0 spiro atoms. The molecule has 0 amide bonds. The number of ether oxygens (including phenoxy) is 1. The molecule has 2 rings (SSSR count). The molecule has 0 saturated carbocycles. The SMILES string of the molecule is FC(F)c1cccc(Cl)c1-c1cccc(OC(F)(F)F)c1. The van der Waals surface area contributed by atoms with Crippen molar-refractivity contribution in [2.75, 3.05) is 0 Å². The van der Waals surface area contributed by atoms with E-state index >= 15 is 0 Å². The van der Waals surface area contributed by atoms with Crippen LogP contribution in [0.5, 0.6) is 5.75 Å². The molecule has 0 aliphatic carbocycles. The Bertz CT molecular complexity index is 640. The normalized spacial score (nSPS) is 11.8. The van der Waals surface area contributed by atoms with Crippen LogP contribution in [0.25, 0.3) is 11.1 Å². The van der Waals surface area contributed by atoms with E-state index < -0.39 is 18.5 Å². The smallest absolute Gasteiger partial charge is 0.406 e. The second-order valence-electron chi connectivity index (χ2n) is 4.08. The van der Waals surface area contributed by atoms with Crippen LogP contribution in [0.3, 0.4) is 0 Å². The van der Waals surface area contributed by atoms with Crippen LogP contribution < -0.4 is 4.74 Å². The number of halogens is 6. The van der Waals surface area contributed by atoms with Crippen LogP contribution in [-0.4, -0.2) is 6.36 Å². The lowest BCUT2D eigenvalue weighted by Crippen LogP contribution is -2.17. The van der Waals surface area contributed by atoms with Crippen molar-refractivity contribution in [3.05, 3.63) is 53.1 Å². The van der Waals surface area contributed by atoms with Crippen molar-refractivity contribution < 1.29 is 26.7 Å². The number of alkyl halides is 5. The van der Waals surface area contributed by atoms with Crippen LogP contribution >= 0.6 is 11.6 Å². The van der Waals surface area contributed by atoms with Crippen LogP contribution in [-0.2, 0) is 0 Å². The summed E-state index contributed by atoms with van der Waals surface area (Å²) < 4.78 is 66.3. The number of rotatable bonds is 3. The summed E-state index contributed by atoms with van der Waals surface area (Å²) in [5.74, 6) is -0.500. The van der Waals surface area contributed by atoms with Crippen LogP contribution in [0.2, 0.25) is 5.02 Å². The van der Waals surface area contributed by atoms with Gasteiger partial charge in [-0.1, -0.05) is 35.9 Å². The van der Waals surface area contributed by atoms with E-state index in [2.05, 4.69) is 4.74 Å². The third-order valence-corrected chi connectivity index (χ3v) is 2.95. The second-order valence-corrected chi connectivity index (χ2v) is 4.49. The highest BCUT2D eigenvalue weighted by Crippen LogP contribution is 2.38. The van der Waals surface area contributed by atoms with Crippen molar-refractivity contribution in [3.8, 4) is 16.9 Å². The molecular weight excluding hydrogens is 315 g/mol. The molecule has 0 unspecified atom stereocenters. The van der Waals surface area contributed by atoms with Gasteiger partial charge in [0.1, 0.15) is 5.75 Å². The fourth-order valence-corrected chi connectivity index (χ4v) is 2.17. The zero-order valence-electron chi connectivity index (χ0n) is 10.3. The van der Waals surface area contributed by atoms with Crippen molar-refractivity contribution in [2.24, 2.45) is 0 Å². The van der Waals surface area contributed by atoms with Gasteiger partial charge >= 0.3 is 6.36 Å². The molecule has 0 aliphatic rings. The van der Waals surface area contributed by atoms with Crippen molar-refractivity contribution in [2.45, 2.75) is 12.8 Å². The monoisotopic (exact) mass is 322 g/mol. The molecule has 0 N–H and O–H groups in total. The van der Waals surface area contributed by atoms with Gasteiger partial charge in [0, 0.05) is 16.1 Å². The molecule has 0 bridgehead atoms. The fourth-order valence-electron chi connectivity index (χ4n) is 1.88. The molecule has 0 saturated heterocycles. The van der Waals surface area contributed by atoms with Gasteiger partial charge in [0.2, 0.25) is 0 Å². The summed E-state index contributed by atoms with van der Waals surface area (Å²) in [4.78, 5) is 0. The summed E-state index contributed by atoms with van der Waals surface area (Å²) in [6.45, 7) is 0. The van der Waals surface area contributed by atoms with Crippen LogP contribution in [0.1, 0.15) is 12.0 Å². The van der Waals surface area contributed by atoms with Gasteiger partial charge in [-0.2, -0.15) is 0 Å². The Kier molecular flexibility index (Phi) is 4.37. The first-order chi connectivity index (χ1) is 9.78. The van der Waals surface area contributed by atoms with Gasteiger partial charge in [0.05, 0.1) is 0 Å². The predicted octanol–water partition coefficient (Wildman–Crippen LogP) is 5.84. The lowest BCUT2D eigenvalue weighted by Gasteiger charge is -2.13. The highest BCUT2D eigenvalue weighted by molar-refractivity contribution is 6.33. The van der Waals surface area contributed by atoms with Gasteiger partial charge in [-0.3, -0.25) is 0 Å². The van der Waals surface area contributed by atoms with E-state index in [9.17, 15) is 22.0 Å². The first-order valence-electron chi connectivity index (χ1n) is 5.70. The lowest BCUT2D eigenvalue weighted by molar-refractivity contribution is -0.274. The minimum atomic E-state index is -4.86. The highest BCUT2D eigenvalue weighted by atomic mass is 35.5. The Morgan fingerprint density at radius 3 is 2.29 bits per heavy atom. The first-order valence-corrected chi connectivity index (χ1v) is 6.08. The molecule has 112 valence electrons. The molecule has 0 radical (unpaired) electrons. The zero-order valence-corrected chi connectivity index (χ0v) is 11.1. The fraction of sp³-hybridized carbons (Fsp3) is 0.143. The summed E-state index contributed by atoms with van der Waals surface area (Å²) in [5, 5.41) is 0.0250. The zero-order chi connectivity index (χ0) is 15.6. The van der Waals surface area contributed by atoms with Gasteiger partial charge in [0.15, 0.2) is 0 Å². The van der Waals surface area contributed by atoms with Crippen LogP contribution in [0.15, 0.2) is 42.5 Å². The van der Waals surface area contributed by atoms with Crippen molar-refractivity contribution in [1.82, 2.24) is 0 Å². The summed E-state index contributed by atoms with van der Waals surface area (Å²) in [6.07, 6.45) is -7.66. The maximum atomic E-state index is 13.0. The molecule has 0 fully saturated rings. The van der Waals surface area contributed by atoms with Crippen molar-refractivity contribution in [1.29, 1.82) is 0 Å². The van der Waals surface area contributed by atoms with E-state index in [0.29, 0.717) is 0 Å². The van der Waals surface area contributed by atoms with Gasteiger partial charge in [-0.25, -0.2) is 8.78 Å². The molecule has 0 heterocycles. The third-order valence-electron chi connectivity index (χ3n) is 2.64. The van der Waals surface area contributed by atoms with Crippen molar-refractivity contribution >= 4 is 11.6 Å². The van der Waals surface area contributed by atoms with E-state index in [4.69, 9.17) is 11.6 Å². The maximum Gasteiger partial charge on any atom is 0.573 e. The van der Waals surface area contributed by atoms with Crippen LogP contribution in [0.4, 0.5) is 22.0 Å². The van der Waals surface area contributed by atoms with Gasteiger partial charge in [-0.15, -0.1) is 13.2 Å². The quantitative estimate of drug-likeness (QED) is 0.645. The van der Waals surface area contributed by atoms with Gasteiger partial charge in [-0.05, 0) is 23.8 Å². The van der Waals surface area contributed by atoms with Gasteiger partial charge in [0.25, 0.3) is 6.43 Å². The largest absolute Gasteiger partial charge is 0.573 e. The highest BCUT2D eigenvalue weighted by Gasteiger charge is 2.31. The standard InChI is InChI=1S/C14H8ClF5O/c15-11-6-2-5-10(13(16)17)12(11)8-3-1-4-9(7-8)21-14(18,19)20/h1-7,13H. The molecule has 0 aliphatic heterocycles. The average Bonchev–Trinajstić information content (AvgIpc) is 2.36. The molecule has 0 atom stereocenters. The summed E-state index contributed by atoms with van der Waals surface area (Å²) in [5.41, 5.74) is -0.244. The summed E-state index contributed by atoms with van der Waals surface area (Å²) in [6, 6.07) is 8.66. The molecule has 21 heavy (non-hydrogen) atoms. The Morgan fingerprint density at radius 2 is 1.67 bits per heavy atom. The number of benzene rings is 2. The van der Waals surface area contributed by atoms with E-state index in [1.807, 2.05) is 0 Å². The molecule has 7 heteroatoms. The molecule has 2 aromatic carbocycles. The molecule has 1 nitrogen and oxygen atoms in total. The van der Waals surface area contributed by atoms with E-state index in [1.165, 1.54) is 30.3 Å². The minimum Gasteiger partial charge on any atom is -0.406 e. The molecule has 0 aromatic heterocycles.